The molecule has 1 aromatic heterocycles. The van der Waals surface area contributed by atoms with Crippen LogP contribution < -0.4 is 0 Å². The van der Waals surface area contributed by atoms with E-state index in [1.54, 1.807) is 0 Å². The second-order valence-corrected chi connectivity index (χ2v) is 4.18. The third kappa shape index (κ3) is 2.17. The zero-order chi connectivity index (χ0) is 10.8. The van der Waals surface area contributed by atoms with Gasteiger partial charge in [0.1, 0.15) is 5.84 Å². The zero-order valence-corrected chi connectivity index (χ0v) is 9.38. The van der Waals surface area contributed by atoms with Crippen molar-refractivity contribution in [2.24, 2.45) is 0 Å². The second kappa shape index (κ2) is 4.01. The Morgan fingerprint density at radius 1 is 1.20 bits per heavy atom. The average Bonchev–Trinajstić information content (AvgIpc) is 2.67. The molecule has 0 aromatic carbocycles. The predicted octanol–water partition coefficient (Wildman–Crippen LogP) is 2.12. The maximum Gasteiger partial charge on any atom is 0.128 e. The van der Waals surface area contributed by atoms with Crippen molar-refractivity contribution in [1.82, 2.24) is 9.88 Å². The molecule has 0 bridgehead atoms. The lowest BCUT2D eigenvalue weighted by Gasteiger charge is -2.18. The van der Waals surface area contributed by atoms with Gasteiger partial charge >= 0.3 is 0 Å². The lowest BCUT2D eigenvalue weighted by Crippen LogP contribution is -2.27. The summed E-state index contributed by atoms with van der Waals surface area (Å²) in [7, 11) is 0. The van der Waals surface area contributed by atoms with Crippen LogP contribution in [0.1, 0.15) is 29.8 Å². The SMILES string of the molecule is Cc1cc(C(=N)N2CCCC2)cc(C)n1. The molecule has 1 N–H and O–H groups in total. The summed E-state index contributed by atoms with van der Waals surface area (Å²) in [4.78, 5) is 6.48. The van der Waals surface area contributed by atoms with Gasteiger partial charge in [-0.2, -0.15) is 0 Å². The molecule has 1 aliphatic rings. The van der Waals surface area contributed by atoms with E-state index in [0.717, 1.165) is 30.0 Å². The van der Waals surface area contributed by atoms with Crippen molar-refractivity contribution in [2.45, 2.75) is 26.7 Å². The molecule has 2 rings (SSSR count). The van der Waals surface area contributed by atoms with E-state index in [9.17, 15) is 0 Å². The number of hydrogen-bond donors (Lipinski definition) is 1. The van der Waals surface area contributed by atoms with E-state index >= 15 is 0 Å². The van der Waals surface area contributed by atoms with Crippen molar-refractivity contribution in [2.75, 3.05) is 13.1 Å². The molecule has 1 fully saturated rings. The van der Waals surface area contributed by atoms with Gasteiger partial charge < -0.3 is 4.90 Å². The standard InChI is InChI=1S/C12H17N3/c1-9-7-11(8-10(2)14-9)12(13)15-5-3-4-6-15/h7-8,13H,3-6H2,1-2H3. The molecule has 0 saturated carbocycles. The quantitative estimate of drug-likeness (QED) is 0.561. The molecule has 0 atom stereocenters. The minimum Gasteiger partial charge on any atom is -0.357 e. The molecule has 1 aromatic rings. The van der Waals surface area contributed by atoms with Gasteiger partial charge in [0.05, 0.1) is 0 Å². The van der Waals surface area contributed by atoms with Gasteiger partial charge in [-0.3, -0.25) is 10.4 Å². The van der Waals surface area contributed by atoms with E-state index in [1.807, 2.05) is 26.0 Å². The van der Waals surface area contributed by atoms with Gasteiger partial charge in [0.25, 0.3) is 0 Å². The van der Waals surface area contributed by atoms with Crippen LogP contribution in [0.3, 0.4) is 0 Å². The minimum absolute atomic E-state index is 0.654. The maximum atomic E-state index is 8.12. The first kappa shape index (κ1) is 10.1. The number of aryl methyl sites for hydroxylation is 2. The van der Waals surface area contributed by atoms with E-state index in [4.69, 9.17) is 5.41 Å². The minimum atomic E-state index is 0.654. The molecule has 2 heterocycles. The first-order valence-corrected chi connectivity index (χ1v) is 5.46. The number of aromatic nitrogens is 1. The summed E-state index contributed by atoms with van der Waals surface area (Å²) < 4.78 is 0. The Morgan fingerprint density at radius 3 is 2.27 bits per heavy atom. The van der Waals surface area contributed by atoms with Crippen LogP contribution in [0.2, 0.25) is 0 Å². The highest BCUT2D eigenvalue weighted by molar-refractivity contribution is 5.96. The van der Waals surface area contributed by atoms with E-state index in [1.165, 1.54) is 12.8 Å². The summed E-state index contributed by atoms with van der Waals surface area (Å²) in [5.41, 5.74) is 2.99. The first-order chi connectivity index (χ1) is 7.16. The Kier molecular flexibility index (Phi) is 2.71. The van der Waals surface area contributed by atoms with Crippen molar-refractivity contribution >= 4 is 5.84 Å². The predicted molar refractivity (Wildman–Crippen MR) is 61.3 cm³/mol. The van der Waals surface area contributed by atoms with Gasteiger partial charge in [-0.15, -0.1) is 0 Å². The van der Waals surface area contributed by atoms with Crippen molar-refractivity contribution < 1.29 is 0 Å². The number of nitrogens with zero attached hydrogens (tertiary/aromatic N) is 2. The summed E-state index contributed by atoms with van der Waals surface area (Å²) in [5, 5.41) is 8.12. The molecule has 1 saturated heterocycles. The summed E-state index contributed by atoms with van der Waals surface area (Å²) >= 11 is 0. The first-order valence-electron chi connectivity index (χ1n) is 5.46. The maximum absolute atomic E-state index is 8.12. The molecule has 0 radical (unpaired) electrons. The number of amidine groups is 1. The molecule has 0 amide bonds. The molecule has 80 valence electrons. The highest BCUT2D eigenvalue weighted by Gasteiger charge is 2.16. The van der Waals surface area contributed by atoms with Crippen molar-refractivity contribution in [3.63, 3.8) is 0 Å². The van der Waals surface area contributed by atoms with Crippen LogP contribution >= 0.6 is 0 Å². The summed E-state index contributed by atoms with van der Waals surface area (Å²) in [6.07, 6.45) is 2.43. The van der Waals surface area contributed by atoms with E-state index in [2.05, 4.69) is 9.88 Å². The van der Waals surface area contributed by atoms with Crippen LogP contribution in [-0.4, -0.2) is 28.8 Å². The fourth-order valence-corrected chi connectivity index (χ4v) is 2.09. The molecular formula is C12H17N3. The molecule has 3 heteroatoms. The van der Waals surface area contributed by atoms with Gasteiger partial charge in [0.15, 0.2) is 0 Å². The van der Waals surface area contributed by atoms with Crippen molar-refractivity contribution in [3.05, 3.63) is 29.1 Å². The van der Waals surface area contributed by atoms with Gasteiger partial charge in [-0.1, -0.05) is 0 Å². The van der Waals surface area contributed by atoms with Crippen LogP contribution in [0.25, 0.3) is 0 Å². The Balaban J connectivity index is 2.24. The van der Waals surface area contributed by atoms with E-state index < -0.39 is 0 Å². The third-order valence-electron chi connectivity index (χ3n) is 2.78. The number of pyridine rings is 1. The average molecular weight is 203 g/mol. The van der Waals surface area contributed by atoms with Crippen LogP contribution in [0, 0.1) is 19.3 Å². The Labute approximate surface area is 90.6 Å². The second-order valence-electron chi connectivity index (χ2n) is 4.18. The molecule has 1 aliphatic heterocycles. The molecule has 0 aliphatic carbocycles. The van der Waals surface area contributed by atoms with Gasteiger partial charge in [0.2, 0.25) is 0 Å². The number of likely N-dealkylation sites (tertiary alicyclic amines) is 1. The van der Waals surface area contributed by atoms with E-state index in [0.29, 0.717) is 5.84 Å². The summed E-state index contributed by atoms with van der Waals surface area (Å²) in [5.74, 6) is 0.654. The molecular weight excluding hydrogens is 186 g/mol. The van der Waals surface area contributed by atoms with Gasteiger partial charge in [-0.05, 0) is 38.8 Å². The number of hydrogen-bond acceptors (Lipinski definition) is 2. The zero-order valence-electron chi connectivity index (χ0n) is 9.38. The van der Waals surface area contributed by atoms with Crippen molar-refractivity contribution in [3.8, 4) is 0 Å². The van der Waals surface area contributed by atoms with Gasteiger partial charge in [-0.25, -0.2) is 0 Å². The lowest BCUT2D eigenvalue weighted by molar-refractivity contribution is 0.517. The smallest absolute Gasteiger partial charge is 0.128 e. The normalized spacial score (nSPS) is 15.7. The summed E-state index contributed by atoms with van der Waals surface area (Å²) in [6.45, 7) is 6.01. The topological polar surface area (TPSA) is 40.0 Å². The fraction of sp³-hybridized carbons (Fsp3) is 0.500. The van der Waals surface area contributed by atoms with Crippen LogP contribution in [0.4, 0.5) is 0 Å². The Morgan fingerprint density at radius 2 is 1.73 bits per heavy atom. The van der Waals surface area contributed by atoms with Gasteiger partial charge in [0, 0.05) is 30.0 Å². The molecule has 0 unspecified atom stereocenters. The Hall–Kier alpha value is -1.38. The van der Waals surface area contributed by atoms with Crippen molar-refractivity contribution in [1.29, 1.82) is 5.41 Å². The molecule has 15 heavy (non-hydrogen) atoms. The van der Waals surface area contributed by atoms with Crippen LogP contribution in [0.15, 0.2) is 12.1 Å². The third-order valence-corrected chi connectivity index (χ3v) is 2.78. The molecule has 3 nitrogen and oxygen atoms in total. The van der Waals surface area contributed by atoms with E-state index in [-0.39, 0.29) is 0 Å². The highest BCUT2D eigenvalue weighted by atomic mass is 15.2. The number of nitrogens with one attached hydrogen (secondary N) is 1. The number of rotatable bonds is 1. The highest BCUT2D eigenvalue weighted by Crippen LogP contribution is 2.13. The fourth-order valence-electron chi connectivity index (χ4n) is 2.09. The molecule has 0 spiro atoms. The largest absolute Gasteiger partial charge is 0.357 e. The van der Waals surface area contributed by atoms with Crippen LogP contribution in [0.5, 0.6) is 0 Å². The van der Waals surface area contributed by atoms with Crippen LogP contribution in [-0.2, 0) is 0 Å². The summed E-state index contributed by atoms with van der Waals surface area (Å²) in [6, 6.07) is 3.99. The lowest BCUT2D eigenvalue weighted by atomic mass is 10.1. The monoisotopic (exact) mass is 203 g/mol. The Bertz CT molecular complexity index is 358.